The molecule has 0 aromatic heterocycles. The number of carbonyl (C=O) groups is 1. The minimum absolute atomic E-state index is 0. The lowest BCUT2D eigenvalue weighted by molar-refractivity contribution is -0.458. The summed E-state index contributed by atoms with van der Waals surface area (Å²) in [6, 6.07) is 0. The standard InChI is InChI=1S/C10H17F2N2O2.CH4/c1-13(2)6-7(10(15)16-5)8(9(11)12)14(3)4;/h6,9H,1-5H3;1H4/q+1;. The monoisotopic (exact) mass is 251 g/mol. The molecule has 0 spiro atoms. The molecule has 0 saturated heterocycles. The van der Waals surface area contributed by atoms with Crippen molar-refractivity contribution >= 4 is 12.2 Å². The molecule has 0 bridgehead atoms. The first-order valence-corrected chi connectivity index (χ1v) is 4.60. The molecular formula is C11H21F2N2O2+. The number of carbonyl (C=O) groups excluding carboxylic acids is 1. The molecule has 0 aliphatic carbocycles. The third-order valence-corrected chi connectivity index (χ3v) is 1.76. The third-order valence-electron chi connectivity index (χ3n) is 1.76. The Bertz CT molecular complexity index is 309. The topological polar surface area (TPSA) is 32.6 Å². The molecule has 0 rings (SSSR count). The normalized spacial score (nSPS) is 11.3. The highest BCUT2D eigenvalue weighted by molar-refractivity contribution is 6.08. The molecule has 0 aliphatic rings. The van der Waals surface area contributed by atoms with Crippen LogP contribution in [0.5, 0.6) is 0 Å². The van der Waals surface area contributed by atoms with Crippen molar-refractivity contribution in [3.05, 3.63) is 11.3 Å². The summed E-state index contributed by atoms with van der Waals surface area (Å²) >= 11 is 0. The summed E-state index contributed by atoms with van der Waals surface area (Å²) in [4.78, 5) is 12.6. The predicted octanol–water partition coefficient (Wildman–Crippen LogP) is 1.22. The van der Waals surface area contributed by atoms with E-state index in [0.29, 0.717) is 0 Å². The van der Waals surface area contributed by atoms with Crippen LogP contribution in [0, 0.1) is 0 Å². The highest BCUT2D eigenvalue weighted by Crippen LogP contribution is 2.16. The summed E-state index contributed by atoms with van der Waals surface area (Å²) in [5.74, 6) is -0.780. The zero-order valence-electron chi connectivity index (χ0n) is 10.1. The van der Waals surface area contributed by atoms with Crippen LogP contribution in [-0.4, -0.2) is 63.4 Å². The molecule has 100 valence electrons. The number of alkyl halides is 2. The highest BCUT2D eigenvalue weighted by atomic mass is 19.3. The van der Waals surface area contributed by atoms with Crippen LogP contribution in [0.1, 0.15) is 7.43 Å². The second-order valence-electron chi connectivity index (χ2n) is 3.58. The molecule has 0 N–H and O–H groups in total. The van der Waals surface area contributed by atoms with Gasteiger partial charge in [-0.05, 0) is 0 Å². The average molecular weight is 251 g/mol. The first-order chi connectivity index (χ1) is 7.31. The van der Waals surface area contributed by atoms with Gasteiger partial charge in [0.1, 0.15) is 25.4 Å². The summed E-state index contributed by atoms with van der Waals surface area (Å²) in [6.45, 7) is 0. The Kier molecular flexibility index (Phi) is 8.17. The lowest BCUT2D eigenvalue weighted by Gasteiger charge is -2.17. The van der Waals surface area contributed by atoms with Crippen molar-refractivity contribution < 1.29 is 22.9 Å². The first-order valence-electron chi connectivity index (χ1n) is 4.60. The van der Waals surface area contributed by atoms with Crippen molar-refractivity contribution in [2.75, 3.05) is 35.3 Å². The van der Waals surface area contributed by atoms with Gasteiger partial charge >= 0.3 is 5.97 Å². The Morgan fingerprint density at radius 3 is 2.06 bits per heavy atom. The Morgan fingerprint density at radius 1 is 1.35 bits per heavy atom. The minimum atomic E-state index is -2.74. The molecule has 0 unspecified atom stereocenters. The van der Waals surface area contributed by atoms with Crippen molar-refractivity contribution in [1.29, 1.82) is 0 Å². The molecule has 6 heteroatoms. The second kappa shape index (κ2) is 7.76. The molecule has 0 amide bonds. The number of allylic oxidation sites excluding steroid dienone is 1. The molecule has 0 heterocycles. The van der Waals surface area contributed by atoms with Crippen LogP contribution in [0.3, 0.4) is 0 Å². The Labute approximate surface area is 101 Å². The number of methoxy groups -OCH3 is 1. The number of esters is 1. The summed E-state index contributed by atoms with van der Waals surface area (Å²) in [7, 11) is 7.34. The highest BCUT2D eigenvalue weighted by Gasteiger charge is 2.25. The van der Waals surface area contributed by atoms with E-state index in [-0.39, 0.29) is 18.7 Å². The van der Waals surface area contributed by atoms with E-state index in [0.717, 1.165) is 7.11 Å². The van der Waals surface area contributed by atoms with Gasteiger partial charge in [0.05, 0.1) is 7.11 Å². The fourth-order valence-electron chi connectivity index (χ4n) is 1.15. The molecule has 0 aromatic rings. The van der Waals surface area contributed by atoms with E-state index in [1.807, 2.05) is 0 Å². The van der Waals surface area contributed by atoms with Gasteiger partial charge in [0.15, 0.2) is 6.21 Å². The number of hydrogen-bond donors (Lipinski definition) is 0. The molecule has 0 radical (unpaired) electrons. The lowest BCUT2D eigenvalue weighted by atomic mass is 10.2. The Balaban J connectivity index is 0. The van der Waals surface area contributed by atoms with Crippen molar-refractivity contribution in [2.45, 2.75) is 13.9 Å². The number of nitrogens with zero attached hydrogens (tertiary/aromatic N) is 2. The van der Waals surface area contributed by atoms with Gasteiger partial charge < -0.3 is 9.64 Å². The van der Waals surface area contributed by atoms with Gasteiger partial charge in [0.2, 0.25) is 0 Å². The van der Waals surface area contributed by atoms with Crippen LogP contribution in [0.4, 0.5) is 8.78 Å². The summed E-state index contributed by atoms with van der Waals surface area (Å²) in [6.07, 6.45) is -1.42. The number of ether oxygens (including phenoxy) is 1. The van der Waals surface area contributed by atoms with Crippen LogP contribution < -0.4 is 0 Å². The van der Waals surface area contributed by atoms with Crippen LogP contribution in [0.25, 0.3) is 0 Å². The Morgan fingerprint density at radius 2 is 1.82 bits per heavy atom. The van der Waals surface area contributed by atoms with Crippen molar-refractivity contribution in [3.63, 3.8) is 0 Å². The number of halogens is 2. The van der Waals surface area contributed by atoms with Crippen molar-refractivity contribution in [2.24, 2.45) is 0 Å². The largest absolute Gasteiger partial charge is 0.465 e. The van der Waals surface area contributed by atoms with Gasteiger partial charge in [-0.3, -0.25) is 0 Å². The second-order valence-corrected chi connectivity index (χ2v) is 3.58. The van der Waals surface area contributed by atoms with Gasteiger partial charge in [-0.25, -0.2) is 18.2 Å². The fraction of sp³-hybridized carbons (Fsp3) is 0.636. The van der Waals surface area contributed by atoms with E-state index in [1.165, 1.54) is 29.8 Å². The molecule has 4 nitrogen and oxygen atoms in total. The van der Waals surface area contributed by atoms with E-state index in [1.54, 1.807) is 14.1 Å². The molecular weight excluding hydrogens is 230 g/mol. The maximum Gasteiger partial charge on any atom is 0.345 e. The van der Waals surface area contributed by atoms with Crippen LogP contribution in [0.2, 0.25) is 0 Å². The van der Waals surface area contributed by atoms with E-state index >= 15 is 0 Å². The third kappa shape index (κ3) is 5.42. The van der Waals surface area contributed by atoms with Crippen LogP contribution >= 0.6 is 0 Å². The van der Waals surface area contributed by atoms with Crippen LogP contribution in [-0.2, 0) is 9.53 Å². The lowest BCUT2D eigenvalue weighted by Crippen LogP contribution is -2.25. The fourth-order valence-corrected chi connectivity index (χ4v) is 1.15. The van der Waals surface area contributed by atoms with Gasteiger partial charge in [0.25, 0.3) is 6.43 Å². The van der Waals surface area contributed by atoms with E-state index in [9.17, 15) is 13.6 Å². The number of hydrogen-bond acceptors (Lipinski definition) is 3. The van der Waals surface area contributed by atoms with E-state index in [2.05, 4.69) is 4.74 Å². The molecule has 0 fully saturated rings. The molecule has 0 aromatic carbocycles. The van der Waals surface area contributed by atoms with Crippen molar-refractivity contribution in [1.82, 2.24) is 4.90 Å². The average Bonchev–Trinajstić information content (AvgIpc) is 2.13. The van der Waals surface area contributed by atoms with Gasteiger partial charge in [-0.15, -0.1) is 0 Å². The van der Waals surface area contributed by atoms with E-state index in [4.69, 9.17) is 0 Å². The molecule has 17 heavy (non-hydrogen) atoms. The smallest absolute Gasteiger partial charge is 0.345 e. The van der Waals surface area contributed by atoms with E-state index < -0.39 is 12.4 Å². The van der Waals surface area contributed by atoms with Gasteiger partial charge in [-0.1, -0.05) is 7.43 Å². The summed E-state index contributed by atoms with van der Waals surface area (Å²) in [5, 5.41) is 0. The van der Waals surface area contributed by atoms with Crippen molar-refractivity contribution in [3.8, 4) is 0 Å². The first kappa shape index (κ1) is 17.9. The van der Waals surface area contributed by atoms with Gasteiger partial charge in [0, 0.05) is 14.1 Å². The predicted molar refractivity (Wildman–Crippen MR) is 63.6 cm³/mol. The maximum absolute atomic E-state index is 12.8. The summed E-state index contributed by atoms with van der Waals surface area (Å²) < 4.78 is 31.6. The molecule has 0 atom stereocenters. The molecule has 0 saturated carbocycles. The zero-order chi connectivity index (χ0) is 12.9. The van der Waals surface area contributed by atoms with Gasteiger partial charge in [-0.2, -0.15) is 0 Å². The quantitative estimate of drug-likeness (QED) is 0.326. The van der Waals surface area contributed by atoms with Crippen LogP contribution in [0.15, 0.2) is 11.3 Å². The zero-order valence-corrected chi connectivity index (χ0v) is 10.1. The molecule has 0 aliphatic heterocycles. The minimum Gasteiger partial charge on any atom is -0.465 e. The Hall–Kier alpha value is -1.46. The number of rotatable bonds is 4. The summed E-state index contributed by atoms with van der Waals surface area (Å²) in [5.41, 5.74) is -0.506. The SMILES string of the molecule is C.COC(=O)C(C=[N+](C)C)=C(C(F)F)N(C)C. The maximum atomic E-state index is 12.8.